The van der Waals surface area contributed by atoms with Crippen molar-refractivity contribution in [1.82, 2.24) is 5.32 Å². The average molecular weight is 416 g/mol. The van der Waals surface area contributed by atoms with Crippen molar-refractivity contribution >= 4 is 28.9 Å². The Morgan fingerprint density at radius 3 is 2.25 bits per heavy atom. The van der Waals surface area contributed by atoms with Crippen molar-refractivity contribution in [3.8, 4) is 0 Å². The molecule has 0 heterocycles. The number of amides is 1. The molecule has 2 unspecified atom stereocenters. The summed E-state index contributed by atoms with van der Waals surface area (Å²) in [4.78, 5) is 22.4. The van der Waals surface area contributed by atoms with Gasteiger partial charge in [0.2, 0.25) is 5.91 Å². The highest BCUT2D eigenvalue weighted by molar-refractivity contribution is 6.34. The lowest BCUT2D eigenvalue weighted by atomic mass is 10.0. The Balaban J connectivity index is 2.01. The first kappa shape index (κ1) is 21.6. The van der Waals surface area contributed by atoms with Crippen LogP contribution in [0.5, 0.6) is 0 Å². The average Bonchev–Trinajstić information content (AvgIpc) is 2.62. The minimum Gasteiger partial charge on any atom is -0.323 e. The molecule has 0 fully saturated rings. The number of hydrogen-bond donors (Lipinski definition) is 2. The van der Waals surface area contributed by atoms with Gasteiger partial charge in [-0.15, -0.1) is 0 Å². The second-order valence-corrected chi connectivity index (χ2v) is 6.55. The number of anilines is 1. The van der Waals surface area contributed by atoms with Gasteiger partial charge >= 0.3 is 6.18 Å². The summed E-state index contributed by atoms with van der Waals surface area (Å²) in [6.45, 7) is 3.29. The molecular formula is C18H17ClF3N3O3. The van der Waals surface area contributed by atoms with E-state index >= 15 is 0 Å². The molecule has 0 bridgehead atoms. The lowest BCUT2D eigenvalue weighted by molar-refractivity contribution is -0.384. The number of hydrogen-bond acceptors (Lipinski definition) is 4. The van der Waals surface area contributed by atoms with E-state index in [9.17, 15) is 28.1 Å². The van der Waals surface area contributed by atoms with Crippen molar-refractivity contribution in [2.75, 3.05) is 5.32 Å². The first-order valence-corrected chi connectivity index (χ1v) is 8.55. The molecule has 0 aliphatic carbocycles. The Morgan fingerprint density at radius 2 is 1.75 bits per heavy atom. The summed E-state index contributed by atoms with van der Waals surface area (Å²) >= 11 is 5.94. The molecule has 2 aromatic rings. The predicted octanol–water partition coefficient (Wildman–Crippen LogP) is 4.94. The fourth-order valence-electron chi connectivity index (χ4n) is 2.47. The van der Waals surface area contributed by atoms with Crippen LogP contribution in [-0.4, -0.2) is 16.9 Å². The molecule has 6 nitrogen and oxygen atoms in total. The van der Waals surface area contributed by atoms with E-state index in [0.29, 0.717) is 5.56 Å². The number of carbonyl (C=O) groups is 1. The Hall–Kier alpha value is -2.65. The molecule has 2 aromatic carbocycles. The summed E-state index contributed by atoms with van der Waals surface area (Å²) in [5.41, 5.74) is -0.152. The molecule has 1 amide bonds. The highest BCUT2D eigenvalue weighted by Gasteiger charge is 2.30. The largest absolute Gasteiger partial charge is 0.416 e. The molecule has 2 atom stereocenters. The van der Waals surface area contributed by atoms with Gasteiger partial charge in [0.1, 0.15) is 0 Å². The topological polar surface area (TPSA) is 84.3 Å². The molecule has 2 rings (SSSR count). The van der Waals surface area contributed by atoms with E-state index in [4.69, 9.17) is 11.6 Å². The van der Waals surface area contributed by atoms with Crippen molar-refractivity contribution in [3.63, 3.8) is 0 Å². The molecular weight excluding hydrogens is 399 g/mol. The van der Waals surface area contributed by atoms with Crippen molar-refractivity contribution in [1.29, 1.82) is 0 Å². The minimum atomic E-state index is -4.41. The maximum Gasteiger partial charge on any atom is 0.416 e. The summed E-state index contributed by atoms with van der Waals surface area (Å²) in [5, 5.41) is 16.3. The Morgan fingerprint density at radius 1 is 1.14 bits per heavy atom. The highest BCUT2D eigenvalue weighted by Crippen LogP contribution is 2.30. The fourth-order valence-corrected chi connectivity index (χ4v) is 2.69. The van der Waals surface area contributed by atoms with E-state index in [-0.39, 0.29) is 16.4 Å². The number of halogens is 4. The highest BCUT2D eigenvalue weighted by atomic mass is 35.5. The summed E-state index contributed by atoms with van der Waals surface area (Å²) in [5.74, 6) is -0.450. The molecule has 28 heavy (non-hydrogen) atoms. The molecule has 0 aromatic heterocycles. The van der Waals surface area contributed by atoms with Gasteiger partial charge < -0.3 is 5.32 Å². The van der Waals surface area contributed by atoms with Crippen LogP contribution < -0.4 is 10.6 Å². The summed E-state index contributed by atoms with van der Waals surface area (Å²) in [6, 6.07) is 7.22. The van der Waals surface area contributed by atoms with Crippen LogP contribution in [0.15, 0.2) is 42.5 Å². The van der Waals surface area contributed by atoms with Crippen LogP contribution in [0.2, 0.25) is 5.02 Å². The van der Waals surface area contributed by atoms with E-state index in [1.165, 1.54) is 24.3 Å². The first-order valence-electron chi connectivity index (χ1n) is 8.17. The van der Waals surface area contributed by atoms with E-state index in [0.717, 1.165) is 18.2 Å². The number of nitrogens with zero attached hydrogens (tertiary/aromatic N) is 1. The van der Waals surface area contributed by atoms with E-state index in [2.05, 4.69) is 10.6 Å². The molecule has 0 aliphatic rings. The van der Waals surface area contributed by atoms with Gasteiger partial charge in [0.15, 0.2) is 0 Å². The third-order valence-corrected chi connectivity index (χ3v) is 4.37. The van der Waals surface area contributed by atoms with Crippen LogP contribution in [0.3, 0.4) is 0 Å². The van der Waals surface area contributed by atoms with Crippen molar-refractivity contribution in [3.05, 3.63) is 68.7 Å². The standard InChI is InChI=1S/C18H17ClF3N3O3/c1-10(12-3-5-13(6-4-12)18(20,21)22)23-11(2)17(26)24-16-8-7-14(25(27)28)9-15(16)19/h3-11,23H,1-2H3,(H,24,26). The molecule has 2 N–H and O–H groups in total. The SMILES string of the molecule is CC(NC(C)c1ccc(C(F)(F)F)cc1)C(=O)Nc1ccc([N+](=O)[O-])cc1Cl. The van der Waals surface area contributed by atoms with Gasteiger partial charge in [-0.3, -0.25) is 20.2 Å². The quantitative estimate of drug-likeness (QED) is 0.516. The summed E-state index contributed by atoms with van der Waals surface area (Å²) in [6.07, 6.45) is -4.41. The fraction of sp³-hybridized carbons (Fsp3) is 0.278. The summed E-state index contributed by atoms with van der Waals surface area (Å²) in [7, 11) is 0. The van der Waals surface area contributed by atoms with Crippen LogP contribution in [0.4, 0.5) is 24.5 Å². The number of nitrogens with one attached hydrogen (secondary N) is 2. The molecule has 0 spiro atoms. The predicted molar refractivity (Wildman–Crippen MR) is 99.2 cm³/mol. The van der Waals surface area contributed by atoms with Crippen LogP contribution in [0, 0.1) is 10.1 Å². The van der Waals surface area contributed by atoms with E-state index < -0.39 is 34.7 Å². The molecule has 0 saturated carbocycles. The van der Waals surface area contributed by atoms with Gasteiger partial charge in [-0.2, -0.15) is 13.2 Å². The maximum atomic E-state index is 12.6. The van der Waals surface area contributed by atoms with Crippen molar-refractivity contribution in [2.45, 2.75) is 32.1 Å². The van der Waals surface area contributed by atoms with Crippen LogP contribution >= 0.6 is 11.6 Å². The number of rotatable bonds is 6. The monoisotopic (exact) mass is 415 g/mol. The number of carbonyl (C=O) groups excluding carboxylic acids is 1. The Kier molecular flexibility index (Phi) is 6.63. The molecule has 0 aliphatic heterocycles. The lowest BCUT2D eigenvalue weighted by Crippen LogP contribution is -2.39. The molecule has 0 saturated heterocycles. The number of alkyl halides is 3. The second-order valence-electron chi connectivity index (χ2n) is 6.14. The normalized spacial score (nSPS) is 13.6. The third-order valence-electron chi connectivity index (χ3n) is 4.05. The van der Waals surface area contributed by atoms with Crippen LogP contribution in [-0.2, 0) is 11.0 Å². The summed E-state index contributed by atoms with van der Waals surface area (Å²) < 4.78 is 37.9. The van der Waals surface area contributed by atoms with Gasteiger partial charge in [0.25, 0.3) is 5.69 Å². The molecule has 10 heteroatoms. The van der Waals surface area contributed by atoms with Gasteiger partial charge in [-0.25, -0.2) is 0 Å². The van der Waals surface area contributed by atoms with Crippen LogP contribution in [0.1, 0.15) is 31.0 Å². The van der Waals surface area contributed by atoms with Gasteiger partial charge in [0, 0.05) is 18.2 Å². The minimum absolute atomic E-state index is 0.0190. The van der Waals surface area contributed by atoms with Crippen molar-refractivity contribution < 1.29 is 22.9 Å². The molecule has 0 radical (unpaired) electrons. The number of nitro benzene ring substituents is 1. The zero-order valence-corrected chi connectivity index (χ0v) is 15.6. The number of nitro groups is 1. The lowest BCUT2D eigenvalue weighted by Gasteiger charge is -2.20. The molecule has 150 valence electrons. The second kappa shape index (κ2) is 8.57. The van der Waals surface area contributed by atoms with Crippen molar-refractivity contribution in [2.24, 2.45) is 0 Å². The third kappa shape index (κ3) is 5.43. The maximum absolute atomic E-state index is 12.6. The zero-order valence-electron chi connectivity index (χ0n) is 14.9. The Bertz CT molecular complexity index is 873. The van der Waals surface area contributed by atoms with E-state index in [1.807, 2.05) is 0 Å². The zero-order chi connectivity index (χ0) is 21.1. The van der Waals surface area contributed by atoms with E-state index in [1.54, 1.807) is 13.8 Å². The number of non-ortho nitro benzene ring substituents is 1. The van der Waals surface area contributed by atoms with Crippen LogP contribution in [0.25, 0.3) is 0 Å². The Labute approximate surface area is 163 Å². The smallest absolute Gasteiger partial charge is 0.323 e. The first-order chi connectivity index (χ1) is 13.0. The van der Waals surface area contributed by atoms with Gasteiger partial charge in [-0.1, -0.05) is 23.7 Å². The number of benzene rings is 2. The van der Waals surface area contributed by atoms with Gasteiger partial charge in [-0.05, 0) is 37.6 Å². The van der Waals surface area contributed by atoms with Gasteiger partial charge in [0.05, 0.1) is 27.2 Å².